The van der Waals surface area contributed by atoms with Gasteiger partial charge in [0, 0.05) is 71.3 Å². The number of aromatic nitrogens is 7. The van der Waals surface area contributed by atoms with Gasteiger partial charge in [0.05, 0.1) is 46.9 Å². The van der Waals surface area contributed by atoms with E-state index in [1.807, 2.05) is 19.9 Å². The van der Waals surface area contributed by atoms with E-state index in [0.29, 0.717) is 80.2 Å². The number of thiazole rings is 6. The maximum Gasteiger partial charge on any atom is 0.303 e. The minimum atomic E-state index is -1.21. The van der Waals surface area contributed by atoms with E-state index in [-0.39, 0.29) is 91.9 Å². The number of benzene rings is 1. The fourth-order valence-electron chi connectivity index (χ4n) is 8.59. The molecule has 81 heavy (non-hydrogen) atoms. The molecule has 8 heterocycles. The molecule has 9 rings (SSSR count). The summed E-state index contributed by atoms with van der Waals surface area (Å²) in [6.07, 6.45) is -1.33. The molecule has 7 N–H and O–H groups in total. The molecule has 0 spiro atoms. The van der Waals surface area contributed by atoms with Crippen LogP contribution in [0.2, 0.25) is 0 Å². The smallest absolute Gasteiger partial charge is 0.303 e. The van der Waals surface area contributed by atoms with Crippen molar-refractivity contribution < 1.29 is 43.7 Å². The Balaban J connectivity index is 1.12. The number of methoxy groups -OCH3 is 1. The number of carboxylic acid groups (broad SMARTS) is 1. The maximum atomic E-state index is 14.4. The van der Waals surface area contributed by atoms with Crippen LogP contribution in [0.4, 0.5) is 5.82 Å². The number of aliphatic carboxylic acids is 1. The number of hydrogen-bond acceptors (Lipinski definition) is 22. The summed E-state index contributed by atoms with van der Waals surface area (Å²) in [4.78, 5) is 115. The van der Waals surface area contributed by atoms with Crippen LogP contribution in [0.1, 0.15) is 127 Å². The fourth-order valence-corrected chi connectivity index (χ4v) is 14.2. The molecule has 21 nitrogen and oxygen atoms in total. The van der Waals surface area contributed by atoms with Gasteiger partial charge in [0.15, 0.2) is 5.78 Å². The van der Waals surface area contributed by atoms with Gasteiger partial charge in [-0.05, 0) is 37.0 Å². The molecule has 4 amide bonds. The first kappa shape index (κ1) is 58.3. The zero-order valence-corrected chi connectivity index (χ0v) is 49.1. The topological polar surface area (TPSA) is 302 Å². The second-order valence-electron chi connectivity index (χ2n) is 18.9. The summed E-state index contributed by atoms with van der Waals surface area (Å²) in [6.45, 7) is 9.96. The summed E-state index contributed by atoms with van der Waals surface area (Å²) in [5.74, 6) is -3.20. The first-order valence-electron chi connectivity index (χ1n) is 25.3. The lowest BCUT2D eigenvalue weighted by Crippen LogP contribution is -2.38. The lowest BCUT2D eigenvalue weighted by molar-refractivity contribution is -0.137. The highest BCUT2D eigenvalue weighted by Crippen LogP contribution is 2.41. The number of fused-ring (bicyclic) bond motifs is 14. The summed E-state index contributed by atoms with van der Waals surface area (Å²) < 4.78 is 5.57. The Morgan fingerprint density at radius 2 is 1.48 bits per heavy atom. The van der Waals surface area contributed by atoms with Crippen LogP contribution < -0.4 is 26.6 Å². The van der Waals surface area contributed by atoms with Crippen LogP contribution in [0.15, 0.2) is 70.6 Å². The predicted molar refractivity (Wildman–Crippen MR) is 313 cm³/mol. The van der Waals surface area contributed by atoms with E-state index in [9.17, 15) is 33.9 Å². The van der Waals surface area contributed by atoms with Gasteiger partial charge in [-0.25, -0.2) is 34.9 Å². The number of carbonyl (C=O) groups is 6. The van der Waals surface area contributed by atoms with E-state index in [0.717, 1.165) is 4.88 Å². The third kappa shape index (κ3) is 13.9. The summed E-state index contributed by atoms with van der Waals surface area (Å²) in [6, 6.07) is 10.5. The monoisotopic (exact) mass is 1210 g/mol. The van der Waals surface area contributed by atoms with Crippen molar-refractivity contribution in [2.24, 2.45) is 5.92 Å². The van der Waals surface area contributed by atoms with Crippen molar-refractivity contribution in [2.75, 3.05) is 26.0 Å². The van der Waals surface area contributed by atoms with Crippen molar-refractivity contribution >= 4 is 115 Å². The maximum absolute atomic E-state index is 14.4. The van der Waals surface area contributed by atoms with Gasteiger partial charge < -0.3 is 41.5 Å². The van der Waals surface area contributed by atoms with Gasteiger partial charge in [-0.1, -0.05) is 50.8 Å². The molecule has 27 heteroatoms. The molecule has 7 aromatic heterocycles. The molecular weight excluding hydrogens is 1150 g/mol. The Bertz CT molecular complexity index is 3640. The Morgan fingerprint density at radius 1 is 0.765 bits per heavy atom. The Morgan fingerprint density at radius 3 is 2.23 bits per heavy atom. The van der Waals surface area contributed by atoms with E-state index in [1.165, 1.54) is 75.1 Å². The van der Waals surface area contributed by atoms with Crippen LogP contribution in [-0.4, -0.2) is 101 Å². The molecule has 1 aliphatic rings. The van der Waals surface area contributed by atoms with Crippen LogP contribution in [0.5, 0.6) is 0 Å². The van der Waals surface area contributed by atoms with E-state index in [1.54, 1.807) is 72.0 Å². The fraction of sp³-hybridized carbons (Fsp3) is 0.315. The van der Waals surface area contributed by atoms with E-state index >= 15 is 0 Å². The average Bonchev–Trinajstić information content (AvgIpc) is 4.53. The van der Waals surface area contributed by atoms with Gasteiger partial charge in [-0.15, -0.1) is 68.0 Å². The molecule has 4 atom stereocenters. The molecule has 0 radical (unpaired) electrons. The second-order valence-corrected chi connectivity index (χ2v) is 24.7. The number of pyridine rings is 1. The predicted octanol–water partition coefficient (Wildman–Crippen LogP) is 9.22. The normalized spacial score (nSPS) is 16.5. The van der Waals surface area contributed by atoms with Crippen LogP contribution in [0.25, 0.3) is 49.1 Å². The van der Waals surface area contributed by atoms with Crippen LogP contribution in [0, 0.1) is 12.8 Å². The third-order valence-corrected chi connectivity index (χ3v) is 18.6. The molecule has 10 bridgehead atoms. The zero-order chi connectivity index (χ0) is 57.5. The van der Waals surface area contributed by atoms with Crippen molar-refractivity contribution in [3.05, 3.63) is 118 Å². The van der Waals surface area contributed by atoms with E-state index in [4.69, 9.17) is 39.7 Å². The SMILES string of the molecule is C=C1NCC(=O)N[C@@H]([C@@H](O)c2ccccc2)c2nc(cs2)-c2nc(cs2)-c2nc(-c3nc(NC(=O)CCCC(=O)O)cs3)ccc2-c2nc(cs2)C(=O)N[C@@H](CC(=O)NC)c2nc(c(C)s2)C(=O)C[C@H](C(C)C)c2nc1c(COC)s2. The standard InChI is InChI=1S/C54H54N12O9S6/c1-25(2)30-17-36(67)44-27(4)80-53(66-44)32(18-40(69)55-5)58-48(74)34-22-76-49(60-34)29-15-16-31(51-63-38(24-79-51)62-39(68)13-10-14-42(71)72)57-45(29)33-21-77-52(59-33)35-23-78-54(61-35)46(47(73)28-11-8-7-9-12-28)64-41(70)19-56-26(3)43-37(20-75-6)81-50(30)65-43/h7-9,11-12,15-16,21-25,30,32,46-47,56,73H,3,10,13-14,17-20H2,1-2,4-6H3,(H,55,69)(H,58,74)(H,62,68)(H,64,70)(H,71,72)/t30-,32+,46+,47+/m1/s1. The number of amides is 4. The molecule has 1 aliphatic heterocycles. The minimum Gasteiger partial charge on any atom is -0.481 e. The van der Waals surface area contributed by atoms with Crippen LogP contribution in [-0.2, 0) is 30.5 Å². The lowest BCUT2D eigenvalue weighted by atomic mass is 9.90. The summed E-state index contributed by atoms with van der Waals surface area (Å²) in [5.41, 5.74) is 3.85. The van der Waals surface area contributed by atoms with E-state index in [2.05, 4.69) is 38.1 Å². The third-order valence-electron chi connectivity index (χ3n) is 12.8. The van der Waals surface area contributed by atoms with Crippen molar-refractivity contribution in [3.63, 3.8) is 0 Å². The van der Waals surface area contributed by atoms with Gasteiger partial charge in [-0.3, -0.25) is 28.8 Å². The highest BCUT2D eigenvalue weighted by atomic mass is 32.1. The quantitative estimate of drug-likeness (QED) is 0.0566. The van der Waals surface area contributed by atoms with Gasteiger partial charge in [0.1, 0.15) is 77.2 Å². The lowest BCUT2D eigenvalue weighted by Gasteiger charge is -2.23. The van der Waals surface area contributed by atoms with Gasteiger partial charge in [0.2, 0.25) is 17.7 Å². The number of rotatable bonds is 13. The van der Waals surface area contributed by atoms with Crippen LogP contribution >= 0.6 is 68.0 Å². The number of nitrogens with one attached hydrogen (secondary N) is 5. The minimum absolute atomic E-state index is 0.000620. The molecule has 0 aliphatic carbocycles. The van der Waals surface area contributed by atoms with Crippen molar-refractivity contribution in [2.45, 2.75) is 83.6 Å². The Labute approximate surface area is 488 Å². The molecule has 420 valence electrons. The number of aliphatic hydroxyl groups is 1. The Kier molecular flexibility index (Phi) is 18.7. The highest BCUT2D eigenvalue weighted by molar-refractivity contribution is 7.15. The number of carbonyl (C=O) groups excluding carboxylic acids is 5. The van der Waals surface area contributed by atoms with Gasteiger partial charge in [-0.2, -0.15) is 0 Å². The number of aryl methyl sites for hydroxylation is 1. The summed E-state index contributed by atoms with van der Waals surface area (Å²) >= 11 is 7.54. The number of aliphatic hydroxyl groups excluding tert-OH is 1. The molecular formula is C54H54N12O9S6. The number of anilines is 1. The number of nitrogens with zero attached hydrogens (tertiary/aromatic N) is 7. The first-order chi connectivity index (χ1) is 39.0. The molecule has 0 saturated carbocycles. The average molecular weight is 1210 g/mol. The highest BCUT2D eigenvalue weighted by Gasteiger charge is 2.32. The number of hydrogen-bond donors (Lipinski definition) is 7. The van der Waals surface area contributed by atoms with Gasteiger partial charge in [0.25, 0.3) is 5.91 Å². The summed E-state index contributed by atoms with van der Waals surface area (Å²) in [5, 5.41) is 45.0. The van der Waals surface area contributed by atoms with E-state index < -0.39 is 36.0 Å². The zero-order valence-electron chi connectivity index (χ0n) is 44.2. The summed E-state index contributed by atoms with van der Waals surface area (Å²) in [7, 11) is 3.05. The molecule has 0 unspecified atom stereocenters. The number of Topliss-reactive ketones (excluding diaryl/α,β-unsaturated/α-hetero) is 1. The largest absolute Gasteiger partial charge is 0.481 e. The van der Waals surface area contributed by atoms with Gasteiger partial charge >= 0.3 is 5.97 Å². The number of carboxylic acids is 1. The van der Waals surface area contributed by atoms with Crippen molar-refractivity contribution in [1.82, 2.24) is 56.2 Å². The first-order valence-corrected chi connectivity index (χ1v) is 30.4. The van der Waals surface area contributed by atoms with Crippen molar-refractivity contribution in [3.8, 4) is 43.4 Å². The second kappa shape index (κ2) is 26.0. The molecule has 0 fully saturated rings. The molecule has 8 aromatic rings. The Hall–Kier alpha value is -7.37. The molecule has 0 saturated heterocycles. The van der Waals surface area contributed by atoms with Crippen LogP contribution in [0.3, 0.4) is 0 Å². The number of ketones is 1. The van der Waals surface area contributed by atoms with Crippen molar-refractivity contribution in [1.29, 1.82) is 0 Å². The number of ether oxygens (including phenoxy) is 1. The molecule has 1 aromatic carbocycles.